The second kappa shape index (κ2) is 5.50. The van der Waals surface area contributed by atoms with Crippen LogP contribution in [0.15, 0.2) is 18.2 Å². The van der Waals surface area contributed by atoms with Crippen molar-refractivity contribution in [2.24, 2.45) is 0 Å². The van der Waals surface area contributed by atoms with Crippen LogP contribution in [-0.4, -0.2) is 18.1 Å². The van der Waals surface area contributed by atoms with Crippen LogP contribution in [0.4, 0.5) is 10.1 Å². The molecule has 0 unspecified atom stereocenters. The summed E-state index contributed by atoms with van der Waals surface area (Å²) in [5.74, 6) is -0.995. The quantitative estimate of drug-likeness (QED) is 0.837. The topological polar surface area (TPSA) is 62.1 Å². The average Bonchev–Trinajstić information content (AvgIpc) is 2.25. The molecule has 0 bridgehead atoms. The minimum atomic E-state index is -0.583. The first-order valence-corrected chi connectivity index (χ1v) is 5.47. The van der Waals surface area contributed by atoms with Crippen LogP contribution in [0, 0.1) is 17.1 Å². The Labute approximate surface area is 105 Å². The zero-order valence-corrected chi connectivity index (χ0v) is 10.6. The maximum atomic E-state index is 13.0. The predicted molar refractivity (Wildman–Crippen MR) is 65.4 cm³/mol. The zero-order chi connectivity index (χ0) is 13.8. The number of carbonyl (C=O) groups is 1. The van der Waals surface area contributed by atoms with Crippen molar-refractivity contribution in [2.45, 2.75) is 26.4 Å². The fourth-order valence-corrected chi connectivity index (χ4v) is 1.27. The lowest BCUT2D eigenvalue weighted by molar-refractivity contribution is -0.152. The molecular weight excluding hydrogens is 235 g/mol. The van der Waals surface area contributed by atoms with Crippen LogP contribution in [-0.2, 0) is 9.53 Å². The van der Waals surface area contributed by atoms with Gasteiger partial charge >= 0.3 is 5.97 Å². The normalized spacial score (nSPS) is 10.6. The highest BCUT2D eigenvalue weighted by Gasteiger charge is 2.15. The Hall–Kier alpha value is -2.09. The third kappa shape index (κ3) is 4.42. The molecule has 96 valence electrons. The van der Waals surface area contributed by atoms with Crippen LogP contribution in [0.25, 0.3) is 0 Å². The molecule has 0 spiro atoms. The van der Waals surface area contributed by atoms with Gasteiger partial charge in [-0.25, -0.2) is 4.39 Å². The van der Waals surface area contributed by atoms with E-state index in [0.29, 0.717) is 5.69 Å². The van der Waals surface area contributed by atoms with E-state index in [9.17, 15) is 9.18 Å². The van der Waals surface area contributed by atoms with Gasteiger partial charge in [-0.2, -0.15) is 5.26 Å². The Morgan fingerprint density at radius 2 is 2.17 bits per heavy atom. The number of nitrogens with one attached hydrogen (secondary N) is 1. The first-order valence-electron chi connectivity index (χ1n) is 5.47. The van der Waals surface area contributed by atoms with E-state index in [1.807, 2.05) is 0 Å². The minimum absolute atomic E-state index is 0.0340. The highest BCUT2D eigenvalue weighted by molar-refractivity contribution is 5.75. The molecule has 1 rings (SSSR count). The molecule has 0 aromatic heterocycles. The number of halogens is 1. The molecule has 0 amide bonds. The number of rotatable bonds is 3. The lowest BCUT2D eigenvalue weighted by Crippen LogP contribution is -2.28. The first kappa shape index (κ1) is 14.0. The molecule has 1 aromatic carbocycles. The number of anilines is 1. The van der Waals surface area contributed by atoms with Gasteiger partial charge in [0.15, 0.2) is 0 Å². The third-order valence-corrected chi connectivity index (χ3v) is 1.94. The maximum Gasteiger partial charge on any atom is 0.325 e. The number of nitrogens with zero attached hydrogens (tertiary/aromatic N) is 1. The van der Waals surface area contributed by atoms with Gasteiger partial charge in [-0.15, -0.1) is 0 Å². The number of hydrogen-bond donors (Lipinski definition) is 1. The van der Waals surface area contributed by atoms with Gasteiger partial charge in [0.2, 0.25) is 0 Å². The van der Waals surface area contributed by atoms with Crippen LogP contribution >= 0.6 is 0 Å². The number of hydrogen-bond acceptors (Lipinski definition) is 4. The van der Waals surface area contributed by atoms with Crippen LogP contribution in [0.5, 0.6) is 0 Å². The van der Waals surface area contributed by atoms with Gasteiger partial charge in [-0.05, 0) is 39.0 Å². The van der Waals surface area contributed by atoms with Crippen molar-refractivity contribution in [1.29, 1.82) is 5.26 Å². The van der Waals surface area contributed by atoms with E-state index in [2.05, 4.69) is 5.32 Å². The van der Waals surface area contributed by atoms with E-state index in [1.54, 1.807) is 26.8 Å². The highest BCUT2D eigenvalue weighted by atomic mass is 19.1. The Bertz CT molecular complexity index is 487. The third-order valence-electron chi connectivity index (χ3n) is 1.94. The molecule has 0 aliphatic rings. The van der Waals surface area contributed by atoms with Gasteiger partial charge < -0.3 is 10.1 Å². The second-order valence-corrected chi connectivity index (χ2v) is 4.75. The lowest BCUT2D eigenvalue weighted by atomic mass is 10.2. The summed E-state index contributed by atoms with van der Waals surface area (Å²) in [5, 5.41) is 11.4. The second-order valence-electron chi connectivity index (χ2n) is 4.75. The SMILES string of the molecule is CC(C)(C)OC(=O)CNc1ccc(F)c(C#N)c1. The van der Waals surface area contributed by atoms with E-state index in [4.69, 9.17) is 10.00 Å². The Balaban J connectivity index is 2.60. The summed E-state index contributed by atoms with van der Waals surface area (Å²) in [7, 11) is 0. The summed E-state index contributed by atoms with van der Waals surface area (Å²) in [6.07, 6.45) is 0. The summed E-state index contributed by atoms with van der Waals surface area (Å²) >= 11 is 0. The van der Waals surface area contributed by atoms with Crippen LogP contribution < -0.4 is 5.32 Å². The predicted octanol–water partition coefficient (Wildman–Crippen LogP) is 2.45. The average molecular weight is 250 g/mol. The summed E-state index contributed by atoms with van der Waals surface area (Å²) < 4.78 is 18.1. The minimum Gasteiger partial charge on any atom is -0.459 e. The molecule has 18 heavy (non-hydrogen) atoms. The summed E-state index contributed by atoms with van der Waals surface area (Å²) in [6.45, 7) is 5.29. The van der Waals surface area contributed by atoms with Gasteiger partial charge in [0.05, 0.1) is 5.56 Å². The van der Waals surface area contributed by atoms with E-state index in [1.165, 1.54) is 18.2 Å². The monoisotopic (exact) mass is 250 g/mol. The number of carbonyl (C=O) groups excluding carboxylic acids is 1. The molecule has 0 aliphatic heterocycles. The van der Waals surface area contributed by atoms with Gasteiger partial charge in [-0.1, -0.05) is 0 Å². The maximum absolute atomic E-state index is 13.0. The van der Waals surface area contributed by atoms with Crippen molar-refractivity contribution in [3.63, 3.8) is 0 Å². The van der Waals surface area contributed by atoms with Gasteiger partial charge in [0, 0.05) is 5.69 Å². The van der Waals surface area contributed by atoms with E-state index in [0.717, 1.165) is 0 Å². The Morgan fingerprint density at radius 1 is 1.50 bits per heavy atom. The molecule has 0 radical (unpaired) electrons. The van der Waals surface area contributed by atoms with Crippen molar-refractivity contribution in [1.82, 2.24) is 0 Å². The zero-order valence-electron chi connectivity index (χ0n) is 10.6. The van der Waals surface area contributed by atoms with Crippen LogP contribution in [0.2, 0.25) is 0 Å². The standard InChI is InChI=1S/C13H15FN2O2/c1-13(2,3)18-12(17)8-16-10-4-5-11(14)9(6-10)7-15/h4-6,16H,8H2,1-3H3. The summed E-state index contributed by atoms with van der Waals surface area (Å²) in [6, 6.07) is 5.71. The Morgan fingerprint density at radius 3 is 2.72 bits per heavy atom. The Kier molecular flexibility index (Phi) is 4.27. The molecule has 0 heterocycles. The van der Waals surface area contributed by atoms with Gasteiger partial charge in [0.1, 0.15) is 24.0 Å². The molecule has 5 heteroatoms. The number of esters is 1. The fourth-order valence-electron chi connectivity index (χ4n) is 1.27. The van der Waals surface area contributed by atoms with Gasteiger partial charge in [0.25, 0.3) is 0 Å². The molecule has 0 atom stereocenters. The molecule has 0 saturated carbocycles. The smallest absolute Gasteiger partial charge is 0.325 e. The molecule has 0 fully saturated rings. The van der Waals surface area contributed by atoms with Gasteiger partial charge in [-0.3, -0.25) is 4.79 Å². The molecular formula is C13H15FN2O2. The summed E-state index contributed by atoms with van der Waals surface area (Å²) in [4.78, 5) is 11.4. The number of benzene rings is 1. The molecule has 1 aromatic rings. The van der Waals surface area contributed by atoms with Crippen molar-refractivity contribution >= 4 is 11.7 Å². The van der Waals surface area contributed by atoms with Crippen LogP contribution in [0.1, 0.15) is 26.3 Å². The first-order chi connectivity index (χ1) is 8.31. The van der Waals surface area contributed by atoms with Crippen molar-refractivity contribution < 1.29 is 13.9 Å². The van der Waals surface area contributed by atoms with E-state index in [-0.39, 0.29) is 12.1 Å². The highest BCUT2D eigenvalue weighted by Crippen LogP contribution is 2.14. The van der Waals surface area contributed by atoms with Crippen LogP contribution in [0.3, 0.4) is 0 Å². The molecule has 0 aliphatic carbocycles. The molecule has 4 nitrogen and oxygen atoms in total. The number of nitriles is 1. The molecule has 1 N–H and O–H groups in total. The number of ether oxygens (including phenoxy) is 1. The molecule has 0 saturated heterocycles. The summed E-state index contributed by atoms with van der Waals surface area (Å²) in [5.41, 5.74) is -0.109. The van der Waals surface area contributed by atoms with E-state index < -0.39 is 17.4 Å². The largest absolute Gasteiger partial charge is 0.459 e. The van der Waals surface area contributed by atoms with E-state index >= 15 is 0 Å². The fraction of sp³-hybridized carbons (Fsp3) is 0.385. The van der Waals surface area contributed by atoms with Crippen molar-refractivity contribution in [3.8, 4) is 6.07 Å². The van der Waals surface area contributed by atoms with Crippen molar-refractivity contribution in [2.75, 3.05) is 11.9 Å². The lowest BCUT2D eigenvalue weighted by Gasteiger charge is -2.19. The van der Waals surface area contributed by atoms with Crippen molar-refractivity contribution in [3.05, 3.63) is 29.6 Å².